The lowest BCUT2D eigenvalue weighted by Crippen LogP contribution is -2.11. The molecule has 2 N–H and O–H groups in total. The molecule has 80 valence electrons. The molecule has 0 aliphatic heterocycles. The van der Waals surface area contributed by atoms with Crippen molar-refractivity contribution in [1.29, 1.82) is 0 Å². The van der Waals surface area contributed by atoms with Gasteiger partial charge in [0.1, 0.15) is 5.78 Å². The van der Waals surface area contributed by atoms with Crippen LogP contribution in [0.5, 0.6) is 0 Å². The number of carbonyl (C=O) groups excluding carboxylic acids is 1. The maximum Gasteiger partial charge on any atom is 0.397 e. The van der Waals surface area contributed by atoms with Crippen LogP contribution in [0.1, 0.15) is 20.3 Å². The summed E-state index contributed by atoms with van der Waals surface area (Å²) in [6.07, 6.45) is 0.667. The second-order valence-electron chi connectivity index (χ2n) is 1.91. The first-order valence-electron chi connectivity index (χ1n) is 2.96. The highest BCUT2D eigenvalue weighted by Gasteiger charge is 2.22. The largest absolute Gasteiger partial charge is 0.397 e. The molecule has 0 amide bonds. The zero-order valence-electron chi connectivity index (χ0n) is 6.96. The van der Waals surface area contributed by atoms with E-state index in [0.717, 1.165) is 0 Å². The highest BCUT2D eigenvalue weighted by Crippen LogP contribution is 1.90. The third kappa shape index (κ3) is 9.40. The van der Waals surface area contributed by atoms with Crippen LogP contribution in [0.3, 0.4) is 0 Å². The monoisotopic (exact) mass is 234 g/mol. The normalized spacial score (nSPS) is 11.4. The third-order valence-electron chi connectivity index (χ3n) is 0.764. The van der Waals surface area contributed by atoms with Gasteiger partial charge in [-0.15, -0.1) is 0 Å². The van der Waals surface area contributed by atoms with E-state index in [1.807, 2.05) is 6.92 Å². The molecule has 0 aromatic rings. The van der Waals surface area contributed by atoms with Crippen LogP contribution in [0, 0.1) is 0 Å². The van der Waals surface area contributed by atoms with Crippen LogP contribution < -0.4 is 0 Å². The van der Waals surface area contributed by atoms with E-state index in [1.54, 1.807) is 6.92 Å². The van der Waals surface area contributed by atoms with E-state index in [4.69, 9.17) is 9.11 Å². The van der Waals surface area contributed by atoms with Gasteiger partial charge in [0.15, 0.2) is 0 Å². The van der Waals surface area contributed by atoms with E-state index in [-0.39, 0.29) is 5.78 Å². The fourth-order valence-corrected chi connectivity index (χ4v) is 0. The van der Waals surface area contributed by atoms with E-state index in [0.29, 0.717) is 6.42 Å². The molecule has 0 saturated carbocycles. The summed E-state index contributed by atoms with van der Waals surface area (Å²) in [6, 6.07) is 0. The van der Waals surface area contributed by atoms with Crippen LogP contribution in [-0.2, 0) is 23.1 Å². The molecule has 0 aromatic carbocycles. The van der Waals surface area contributed by atoms with Crippen molar-refractivity contribution < 1.29 is 30.7 Å². The maximum absolute atomic E-state index is 9.81. The van der Waals surface area contributed by atoms with Crippen molar-refractivity contribution in [3.63, 3.8) is 0 Å². The molecule has 0 saturated heterocycles. The molecule has 0 heterocycles. The predicted molar refractivity (Wildman–Crippen MR) is 44.1 cm³/mol. The minimum Gasteiger partial charge on any atom is -0.300 e. The molecule has 0 aliphatic carbocycles. The number of rotatable bonds is 2. The van der Waals surface area contributed by atoms with Gasteiger partial charge in [-0.25, -0.2) is 0 Å². The lowest BCUT2D eigenvalue weighted by Gasteiger charge is -1.84. The lowest BCUT2D eigenvalue weighted by molar-refractivity contribution is -0.116. The van der Waals surface area contributed by atoms with Crippen LogP contribution in [0.4, 0.5) is 0 Å². The van der Waals surface area contributed by atoms with Gasteiger partial charge in [0.05, 0.1) is 0 Å². The van der Waals surface area contributed by atoms with Gasteiger partial charge in [0.2, 0.25) is 0 Å². The number of carbonyl (C=O) groups is 1. The topological polar surface area (TPSA) is 126 Å². The molecular formula is C4H10O7S2. The molecule has 7 nitrogen and oxygen atoms in total. The van der Waals surface area contributed by atoms with E-state index in [1.165, 1.54) is 0 Å². The van der Waals surface area contributed by atoms with E-state index in [2.05, 4.69) is 0 Å². The molecule has 9 heteroatoms. The van der Waals surface area contributed by atoms with Crippen molar-refractivity contribution in [1.82, 2.24) is 0 Å². The van der Waals surface area contributed by atoms with Gasteiger partial charge < -0.3 is 4.79 Å². The smallest absolute Gasteiger partial charge is 0.300 e. The van der Waals surface area contributed by atoms with Gasteiger partial charge in [-0.2, -0.15) is 16.8 Å². The summed E-state index contributed by atoms with van der Waals surface area (Å²) in [6.45, 7) is 3.43. The Hall–Kier alpha value is -0.510. The van der Waals surface area contributed by atoms with Crippen LogP contribution in [-0.4, -0.2) is 31.7 Å². The highest BCUT2D eigenvalue weighted by molar-refractivity contribution is 8.62. The molecule has 0 bridgehead atoms. The summed E-state index contributed by atoms with van der Waals surface area (Å²) in [5, 5.41) is 0. The van der Waals surface area contributed by atoms with Crippen molar-refractivity contribution >= 4 is 24.1 Å². The Morgan fingerprint density at radius 3 is 1.23 bits per heavy atom. The highest BCUT2D eigenvalue weighted by atomic mass is 33.2. The number of ketones is 1. The number of hydrogen-bond acceptors (Lipinski definition) is 5. The first-order valence-corrected chi connectivity index (χ1v) is 6.36. The fourth-order valence-electron chi connectivity index (χ4n) is 0. The summed E-state index contributed by atoms with van der Waals surface area (Å²) in [5.74, 6) is 0.255. The van der Waals surface area contributed by atoms with E-state index >= 15 is 0 Å². The summed E-state index contributed by atoms with van der Waals surface area (Å²) in [4.78, 5) is 9.81. The number of Topliss-reactive ketones (excluding diaryl/α,β-unsaturated/α-hetero) is 1. The molecule has 0 aliphatic rings. The maximum atomic E-state index is 9.81. The first-order chi connectivity index (χ1) is 5.52. The SMILES string of the molecule is CCC(C)=O.O=S(=O)(O)S(=O)(=O)O. The van der Waals surface area contributed by atoms with Crippen molar-refractivity contribution in [2.24, 2.45) is 0 Å². The molecule has 0 fully saturated rings. The van der Waals surface area contributed by atoms with Gasteiger partial charge in [-0.05, 0) is 6.92 Å². The molecule has 0 rings (SSSR count). The predicted octanol–water partition coefficient (Wildman–Crippen LogP) is -0.338. The summed E-state index contributed by atoms with van der Waals surface area (Å²) in [5.41, 5.74) is 0. The molecule has 0 spiro atoms. The minimum atomic E-state index is -5.31. The fraction of sp³-hybridized carbons (Fsp3) is 0.750. The Bertz CT molecular complexity index is 318. The van der Waals surface area contributed by atoms with Gasteiger partial charge in [-0.3, -0.25) is 9.11 Å². The second kappa shape index (κ2) is 5.27. The van der Waals surface area contributed by atoms with E-state index < -0.39 is 18.3 Å². The summed E-state index contributed by atoms with van der Waals surface area (Å²) in [7, 11) is -10.6. The van der Waals surface area contributed by atoms with Gasteiger partial charge in [-0.1, -0.05) is 6.92 Å². The molecule has 0 unspecified atom stereocenters. The molecular weight excluding hydrogens is 224 g/mol. The second-order valence-corrected chi connectivity index (χ2v) is 6.15. The van der Waals surface area contributed by atoms with Crippen molar-refractivity contribution in [2.75, 3.05) is 0 Å². The molecule has 0 atom stereocenters. The summed E-state index contributed by atoms with van der Waals surface area (Å²) >= 11 is 0. The Morgan fingerprint density at radius 1 is 1.08 bits per heavy atom. The Morgan fingerprint density at radius 2 is 1.23 bits per heavy atom. The Balaban J connectivity index is 0. The zero-order chi connectivity index (χ0) is 11.3. The van der Waals surface area contributed by atoms with Gasteiger partial charge in [0, 0.05) is 6.42 Å². The van der Waals surface area contributed by atoms with Crippen molar-refractivity contribution in [3.05, 3.63) is 0 Å². The lowest BCUT2D eigenvalue weighted by atomic mass is 10.4. The molecule has 13 heavy (non-hydrogen) atoms. The Labute approximate surface area is 75.7 Å². The molecule has 0 aromatic heterocycles. The zero-order valence-corrected chi connectivity index (χ0v) is 8.59. The van der Waals surface area contributed by atoms with Crippen molar-refractivity contribution in [3.8, 4) is 0 Å². The van der Waals surface area contributed by atoms with Crippen LogP contribution in [0.15, 0.2) is 0 Å². The van der Waals surface area contributed by atoms with Crippen LogP contribution >= 0.6 is 0 Å². The van der Waals surface area contributed by atoms with Gasteiger partial charge >= 0.3 is 18.3 Å². The Kier molecular flexibility index (Phi) is 6.07. The quantitative estimate of drug-likeness (QED) is 0.494. The minimum absolute atomic E-state index is 0.255. The van der Waals surface area contributed by atoms with Crippen molar-refractivity contribution in [2.45, 2.75) is 20.3 Å². The van der Waals surface area contributed by atoms with E-state index in [9.17, 15) is 21.6 Å². The summed E-state index contributed by atoms with van der Waals surface area (Å²) < 4.78 is 52.5. The average molecular weight is 234 g/mol. The standard InChI is InChI=1S/C4H8O.H2O6S2/c1-3-4(2)5;1-7(2,3)8(4,5)6/h3H2,1-2H3;(H,1,2,3)(H,4,5,6). The van der Waals surface area contributed by atoms with Crippen LogP contribution in [0.2, 0.25) is 0 Å². The van der Waals surface area contributed by atoms with Gasteiger partial charge in [0.25, 0.3) is 0 Å². The first kappa shape index (κ1) is 15.0. The number of hydrogen-bond donors (Lipinski definition) is 2. The molecule has 0 radical (unpaired) electrons. The third-order valence-corrected chi connectivity index (χ3v) is 2.89. The average Bonchev–Trinajstić information content (AvgIpc) is 1.84. The van der Waals surface area contributed by atoms with Crippen LogP contribution in [0.25, 0.3) is 0 Å².